The van der Waals surface area contributed by atoms with Gasteiger partial charge in [-0.1, -0.05) is 23.7 Å². The van der Waals surface area contributed by atoms with Crippen LogP contribution in [0, 0.1) is 5.92 Å². The molecule has 1 unspecified atom stereocenters. The third kappa shape index (κ3) is 4.37. The summed E-state index contributed by atoms with van der Waals surface area (Å²) < 4.78 is 39.4. The Labute approximate surface area is 187 Å². The van der Waals surface area contributed by atoms with Crippen molar-refractivity contribution in [3.8, 4) is 11.5 Å². The Kier molecular flexibility index (Phi) is 6.41. The summed E-state index contributed by atoms with van der Waals surface area (Å²) in [5.74, 6) is 0.432. The summed E-state index contributed by atoms with van der Waals surface area (Å²) in [5.41, 5.74) is 0.729. The van der Waals surface area contributed by atoms with Gasteiger partial charge in [0.05, 0.1) is 24.8 Å². The van der Waals surface area contributed by atoms with Crippen LogP contribution in [-0.2, 0) is 14.8 Å². The molecule has 1 fully saturated rings. The van der Waals surface area contributed by atoms with Crippen molar-refractivity contribution in [1.82, 2.24) is 4.31 Å². The van der Waals surface area contributed by atoms with E-state index in [1.807, 2.05) is 24.3 Å². The average molecular weight is 465 g/mol. The number of carbonyl (C=O) groups excluding carboxylic acids is 1. The van der Waals surface area contributed by atoms with Crippen LogP contribution >= 0.6 is 11.6 Å². The molecule has 0 spiro atoms. The zero-order chi connectivity index (χ0) is 22.0. The van der Waals surface area contributed by atoms with Crippen LogP contribution in [0.2, 0.25) is 5.02 Å². The highest BCUT2D eigenvalue weighted by Crippen LogP contribution is 2.35. The Morgan fingerprint density at radius 1 is 1.23 bits per heavy atom. The predicted molar refractivity (Wildman–Crippen MR) is 118 cm³/mol. The molecule has 1 atom stereocenters. The van der Waals surface area contributed by atoms with Gasteiger partial charge >= 0.3 is 0 Å². The van der Waals surface area contributed by atoms with Crippen LogP contribution in [0.1, 0.15) is 19.8 Å². The number of amides is 1. The number of ether oxygens (including phenoxy) is 2. The quantitative estimate of drug-likeness (QED) is 0.676. The van der Waals surface area contributed by atoms with E-state index in [1.165, 1.54) is 10.4 Å². The topological polar surface area (TPSA) is 76.2 Å². The monoisotopic (exact) mass is 464 g/mol. The number of halogens is 1. The fourth-order valence-electron chi connectivity index (χ4n) is 4.08. The van der Waals surface area contributed by atoms with Crippen LogP contribution in [0.3, 0.4) is 0 Å². The van der Waals surface area contributed by atoms with E-state index in [-0.39, 0.29) is 23.1 Å². The van der Waals surface area contributed by atoms with Crippen molar-refractivity contribution in [1.29, 1.82) is 0 Å². The number of hydrogen-bond donors (Lipinski definition) is 0. The molecule has 4 rings (SSSR count). The van der Waals surface area contributed by atoms with Gasteiger partial charge < -0.3 is 14.4 Å². The standard InChI is InChI=1S/C22H25ClN2O5S/c1-2-29-20-10-9-17(23)14-21(20)31(27,28)24-11-5-6-16(15-24)22(26)25-12-13-30-19-8-4-3-7-18(19)25/h3-4,7-10,14,16H,2,5-6,11-13,15H2,1H3. The molecule has 0 aromatic heterocycles. The largest absolute Gasteiger partial charge is 0.492 e. The lowest BCUT2D eigenvalue weighted by Gasteiger charge is -2.36. The van der Waals surface area contributed by atoms with Gasteiger partial charge in [0.1, 0.15) is 23.0 Å². The van der Waals surface area contributed by atoms with E-state index >= 15 is 0 Å². The molecular weight excluding hydrogens is 440 g/mol. The smallest absolute Gasteiger partial charge is 0.246 e. The van der Waals surface area contributed by atoms with E-state index in [0.29, 0.717) is 49.9 Å². The first-order valence-corrected chi connectivity index (χ1v) is 12.2. The van der Waals surface area contributed by atoms with Crippen molar-refractivity contribution in [2.24, 2.45) is 5.92 Å². The number of carbonyl (C=O) groups is 1. The summed E-state index contributed by atoms with van der Waals surface area (Å²) in [6.07, 6.45) is 1.24. The van der Waals surface area contributed by atoms with E-state index in [2.05, 4.69) is 0 Å². The molecule has 0 bridgehead atoms. The first-order chi connectivity index (χ1) is 14.9. The number of benzene rings is 2. The van der Waals surface area contributed by atoms with Crippen LogP contribution in [0.15, 0.2) is 47.4 Å². The maximum absolute atomic E-state index is 13.4. The molecule has 0 radical (unpaired) electrons. The predicted octanol–water partition coefficient (Wildman–Crippen LogP) is 3.57. The zero-order valence-electron chi connectivity index (χ0n) is 17.3. The van der Waals surface area contributed by atoms with Crippen molar-refractivity contribution >= 4 is 33.2 Å². The molecule has 166 valence electrons. The van der Waals surface area contributed by atoms with Crippen LogP contribution in [0.5, 0.6) is 11.5 Å². The minimum Gasteiger partial charge on any atom is -0.492 e. The van der Waals surface area contributed by atoms with Gasteiger partial charge in [-0.25, -0.2) is 8.42 Å². The molecule has 2 aliphatic rings. The normalized spacial score (nSPS) is 19.4. The Morgan fingerprint density at radius 2 is 2.03 bits per heavy atom. The van der Waals surface area contributed by atoms with Gasteiger partial charge in [-0.2, -0.15) is 4.31 Å². The molecule has 0 saturated carbocycles. The Morgan fingerprint density at radius 3 is 2.84 bits per heavy atom. The van der Waals surface area contributed by atoms with Crippen LogP contribution < -0.4 is 14.4 Å². The summed E-state index contributed by atoms with van der Waals surface area (Å²) in [4.78, 5) is 15.1. The zero-order valence-corrected chi connectivity index (χ0v) is 18.9. The molecule has 2 aromatic carbocycles. The van der Waals surface area contributed by atoms with Crippen molar-refractivity contribution in [3.05, 3.63) is 47.5 Å². The highest BCUT2D eigenvalue weighted by atomic mass is 35.5. The molecule has 31 heavy (non-hydrogen) atoms. The lowest BCUT2D eigenvalue weighted by molar-refractivity contribution is -0.123. The van der Waals surface area contributed by atoms with E-state index in [0.717, 1.165) is 5.69 Å². The average Bonchev–Trinajstić information content (AvgIpc) is 2.79. The molecule has 2 aliphatic heterocycles. The molecule has 9 heteroatoms. The number of anilines is 1. The number of hydrogen-bond acceptors (Lipinski definition) is 5. The second-order valence-electron chi connectivity index (χ2n) is 7.53. The lowest BCUT2D eigenvalue weighted by Crippen LogP contribution is -2.48. The lowest BCUT2D eigenvalue weighted by atomic mass is 9.97. The summed E-state index contributed by atoms with van der Waals surface area (Å²) in [5, 5.41) is 0.316. The molecule has 1 amide bonds. The van der Waals surface area contributed by atoms with Gasteiger partial charge in [0.2, 0.25) is 15.9 Å². The van der Waals surface area contributed by atoms with E-state index in [4.69, 9.17) is 21.1 Å². The van der Waals surface area contributed by atoms with Gasteiger partial charge in [0, 0.05) is 18.1 Å². The van der Waals surface area contributed by atoms with Crippen molar-refractivity contribution in [2.75, 3.05) is 37.7 Å². The van der Waals surface area contributed by atoms with Crippen LogP contribution in [0.4, 0.5) is 5.69 Å². The molecule has 2 aromatic rings. The minimum atomic E-state index is -3.87. The molecule has 0 N–H and O–H groups in total. The van der Waals surface area contributed by atoms with Crippen LogP contribution in [0.25, 0.3) is 0 Å². The summed E-state index contributed by atoms with van der Waals surface area (Å²) >= 11 is 6.08. The van der Waals surface area contributed by atoms with Crippen molar-refractivity contribution < 1.29 is 22.7 Å². The van der Waals surface area contributed by atoms with Crippen molar-refractivity contribution in [3.63, 3.8) is 0 Å². The maximum Gasteiger partial charge on any atom is 0.246 e. The summed E-state index contributed by atoms with van der Waals surface area (Å²) in [7, 11) is -3.87. The van der Waals surface area contributed by atoms with Gasteiger partial charge in [-0.05, 0) is 50.1 Å². The highest BCUT2D eigenvalue weighted by Gasteiger charge is 2.37. The number of para-hydroxylation sites is 2. The van der Waals surface area contributed by atoms with E-state index in [1.54, 1.807) is 24.0 Å². The molecule has 7 nitrogen and oxygen atoms in total. The number of rotatable bonds is 5. The third-order valence-electron chi connectivity index (χ3n) is 5.55. The highest BCUT2D eigenvalue weighted by molar-refractivity contribution is 7.89. The molecule has 0 aliphatic carbocycles. The van der Waals surface area contributed by atoms with Gasteiger partial charge in [0.15, 0.2) is 0 Å². The van der Waals surface area contributed by atoms with E-state index in [9.17, 15) is 13.2 Å². The second kappa shape index (κ2) is 9.06. The summed E-state index contributed by atoms with van der Waals surface area (Å²) in [6.45, 7) is 3.46. The Bertz CT molecular complexity index is 1080. The van der Waals surface area contributed by atoms with Crippen molar-refractivity contribution in [2.45, 2.75) is 24.7 Å². The van der Waals surface area contributed by atoms with Gasteiger partial charge in [-0.3, -0.25) is 4.79 Å². The number of piperidine rings is 1. The van der Waals surface area contributed by atoms with Crippen LogP contribution in [-0.4, -0.2) is 51.5 Å². The minimum absolute atomic E-state index is 0.0340. The molecule has 2 heterocycles. The number of nitrogens with zero attached hydrogens (tertiary/aromatic N) is 2. The maximum atomic E-state index is 13.4. The second-order valence-corrected chi connectivity index (χ2v) is 9.88. The Balaban J connectivity index is 1.58. The fourth-order valence-corrected chi connectivity index (χ4v) is 6.00. The Hall–Kier alpha value is -2.29. The van der Waals surface area contributed by atoms with E-state index < -0.39 is 15.9 Å². The SMILES string of the molecule is CCOc1ccc(Cl)cc1S(=O)(=O)N1CCCC(C(=O)N2CCOc3ccccc32)C1. The third-order valence-corrected chi connectivity index (χ3v) is 7.67. The molecule has 1 saturated heterocycles. The first-order valence-electron chi connectivity index (χ1n) is 10.4. The summed E-state index contributed by atoms with van der Waals surface area (Å²) in [6, 6.07) is 12.0. The van der Waals surface area contributed by atoms with Gasteiger partial charge in [-0.15, -0.1) is 0 Å². The molecular formula is C22H25ClN2O5S. The fraction of sp³-hybridized carbons (Fsp3) is 0.409. The number of fused-ring (bicyclic) bond motifs is 1. The van der Waals surface area contributed by atoms with Gasteiger partial charge in [0.25, 0.3) is 0 Å². The number of sulfonamides is 1. The first kappa shape index (κ1) is 21.9.